The Labute approximate surface area is 168 Å². The fourth-order valence-electron chi connectivity index (χ4n) is 4.78. The summed E-state index contributed by atoms with van der Waals surface area (Å²) in [6.07, 6.45) is 3.81. The van der Waals surface area contributed by atoms with E-state index in [-0.39, 0.29) is 11.1 Å². The number of nitrogens with one attached hydrogen (secondary N) is 1. The average Bonchev–Trinajstić information content (AvgIpc) is 3.41. The van der Waals surface area contributed by atoms with Crippen LogP contribution < -0.4 is 9.64 Å². The van der Waals surface area contributed by atoms with Gasteiger partial charge >= 0.3 is 5.54 Å². The van der Waals surface area contributed by atoms with Crippen molar-refractivity contribution in [2.24, 2.45) is 11.8 Å². The van der Waals surface area contributed by atoms with E-state index >= 15 is 0 Å². The summed E-state index contributed by atoms with van der Waals surface area (Å²) in [7, 11) is 0. The number of rotatable bonds is 4. The van der Waals surface area contributed by atoms with E-state index in [9.17, 15) is 0 Å². The van der Waals surface area contributed by atoms with E-state index in [1.807, 2.05) is 18.2 Å². The first-order valence-corrected chi connectivity index (χ1v) is 10.2. The fourth-order valence-corrected chi connectivity index (χ4v) is 4.78. The van der Waals surface area contributed by atoms with Gasteiger partial charge in [-0.25, -0.2) is 9.97 Å². The number of fused-ring (bicyclic) bond motifs is 2. The SMILES string of the molecule is C#[N+][C@]12CN(c3cc(-c4n[nH]c5ccc(OC6(C)CC6)cc45)ncn3)C[C@H]1[C@@H]2C. The average molecular weight is 387 g/mol. The lowest BCUT2D eigenvalue weighted by molar-refractivity contribution is 0.200. The number of aromatic amines is 1. The molecule has 2 aliphatic carbocycles. The van der Waals surface area contributed by atoms with Crippen LogP contribution in [0, 0.1) is 18.4 Å². The monoisotopic (exact) mass is 387 g/mol. The summed E-state index contributed by atoms with van der Waals surface area (Å²) in [5.74, 6) is 2.83. The molecule has 7 nitrogen and oxygen atoms in total. The Kier molecular flexibility index (Phi) is 3.17. The number of H-pyrrole nitrogens is 1. The first-order valence-electron chi connectivity index (χ1n) is 10.2. The van der Waals surface area contributed by atoms with Crippen molar-refractivity contribution in [3.05, 3.63) is 35.4 Å². The second-order valence-electron chi connectivity index (χ2n) is 8.99. The van der Waals surface area contributed by atoms with Crippen LogP contribution in [0.1, 0.15) is 26.7 Å². The van der Waals surface area contributed by atoms with Crippen LogP contribution >= 0.6 is 0 Å². The van der Waals surface area contributed by atoms with Gasteiger partial charge in [0.2, 0.25) is 0 Å². The highest BCUT2D eigenvalue weighted by atomic mass is 16.5. The molecule has 0 bridgehead atoms. The quantitative estimate of drug-likeness (QED) is 0.738. The Bertz CT molecular complexity index is 1180. The molecule has 7 heteroatoms. The predicted octanol–water partition coefficient (Wildman–Crippen LogP) is 3.74. The van der Waals surface area contributed by atoms with Crippen molar-refractivity contribution >= 4 is 16.7 Å². The van der Waals surface area contributed by atoms with Crippen LogP contribution in [-0.4, -0.2) is 44.4 Å². The molecule has 1 saturated heterocycles. The van der Waals surface area contributed by atoms with Crippen molar-refractivity contribution in [3.8, 4) is 23.7 Å². The van der Waals surface area contributed by atoms with Gasteiger partial charge in [0.25, 0.3) is 6.57 Å². The Morgan fingerprint density at radius 2 is 2.14 bits per heavy atom. The van der Waals surface area contributed by atoms with Crippen LogP contribution in [0.25, 0.3) is 27.1 Å². The number of hydrogen-bond donors (Lipinski definition) is 1. The highest BCUT2D eigenvalue weighted by molar-refractivity contribution is 5.93. The Hall–Kier alpha value is -3.14. The Balaban J connectivity index is 1.33. The van der Waals surface area contributed by atoms with Crippen molar-refractivity contribution < 1.29 is 4.74 Å². The summed E-state index contributed by atoms with van der Waals surface area (Å²) in [4.78, 5) is 15.4. The highest BCUT2D eigenvalue weighted by Crippen LogP contribution is 2.58. The molecule has 3 fully saturated rings. The molecule has 1 N–H and O–H groups in total. The minimum atomic E-state index is -0.102. The van der Waals surface area contributed by atoms with E-state index in [1.54, 1.807) is 6.33 Å². The first kappa shape index (κ1) is 16.8. The van der Waals surface area contributed by atoms with Crippen LogP contribution in [0.5, 0.6) is 5.75 Å². The third kappa shape index (κ3) is 2.45. The summed E-state index contributed by atoms with van der Waals surface area (Å²) in [5.41, 5.74) is 2.45. The maximum absolute atomic E-state index is 6.13. The van der Waals surface area contributed by atoms with Crippen molar-refractivity contribution in [2.75, 3.05) is 18.0 Å². The minimum Gasteiger partial charge on any atom is -0.488 e. The van der Waals surface area contributed by atoms with Gasteiger partial charge in [-0.15, -0.1) is 0 Å². The van der Waals surface area contributed by atoms with Gasteiger partial charge in [0, 0.05) is 18.0 Å². The predicted molar refractivity (Wildman–Crippen MR) is 111 cm³/mol. The Morgan fingerprint density at radius 1 is 1.28 bits per heavy atom. The maximum atomic E-state index is 6.13. The van der Waals surface area contributed by atoms with Crippen LogP contribution in [-0.2, 0) is 0 Å². The number of piperidine rings is 1. The van der Waals surface area contributed by atoms with Gasteiger partial charge in [-0.1, -0.05) is 11.8 Å². The van der Waals surface area contributed by atoms with E-state index < -0.39 is 0 Å². The molecular formula is C22H23N6O+. The lowest BCUT2D eigenvalue weighted by atomic mass is 10.1. The largest absolute Gasteiger partial charge is 0.488 e. The molecule has 3 aliphatic rings. The number of anilines is 1. The Morgan fingerprint density at radius 3 is 2.90 bits per heavy atom. The third-order valence-electron chi connectivity index (χ3n) is 7.10. The lowest BCUT2D eigenvalue weighted by Crippen LogP contribution is -2.28. The van der Waals surface area contributed by atoms with Crippen molar-refractivity contribution in [2.45, 2.75) is 37.8 Å². The molecule has 2 aromatic heterocycles. The zero-order valence-electron chi connectivity index (χ0n) is 16.6. The van der Waals surface area contributed by atoms with Gasteiger partial charge in [-0.05, 0) is 38.0 Å². The molecular weight excluding hydrogens is 364 g/mol. The van der Waals surface area contributed by atoms with Crippen molar-refractivity contribution in [3.63, 3.8) is 0 Å². The number of ether oxygens (including phenoxy) is 1. The third-order valence-corrected chi connectivity index (χ3v) is 7.10. The number of aromatic nitrogens is 4. The molecule has 2 saturated carbocycles. The molecule has 0 amide bonds. The van der Waals surface area contributed by atoms with Crippen molar-refractivity contribution in [1.82, 2.24) is 20.2 Å². The number of nitrogens with zero attached hydrogens (tertiary/aromatic N) is 5. The van der Waals surface area contributed by atoms with E-state index in [0.717, 1.165) is 59.8 Å². The zero-order valence-corrected chi connectivity index (χ0v) is 16.6. The van der Waals surface area contributed by atoms with Gasteiger partial charge in [0.15, 0.2) is 0 Å². The topological polar surface area (TPSA) is 71.3 Å². The lowest BCUT2D eigenvalue weighted by Gasteiger charge is -2.18. The highest BCUT2D eigenvalue weighted by Gasteiger charge is 2.77. The van der Waals surface area contributed by atoms with E-state index in [4.69, 9.17) is 11.3 Å². The number of hydrogen-bond acceptors (Lipinski definition) is 5. The zero-order chi connectivity index (χ0) is 19.8. The minimum absolute atomic E-state index is 0.0165. The normalized spacial score (nSPS) is 28.8. The molecule has 3 aromatic rings. The van der Waals surface area contributed by atoms with Crippen LogP contribution in [0.4, 0.5) is 5.82 Å². The summed E-state index contributed by atoms with van der Waals surface area (Å²) in [5, 5.41) is 8.63. The molecule has 3 heterocycles. The van der Waals surface area contributed by atoms with E-state index in [0.29, 0.717) is 11.8 Å². The molecule has 0 unspecified atom stereocenters. The molecule has 6 rings (SSSR count). The smallest absolute Gasteiger partial charge is 0.305 e. The summed E-state index contributed by atoms with van der Waals surface area (Å²) in [6.45, 7) is 11.8. The summed E-state index contributed by atoms with van der Waals surface area (Å²) >= 11 is 0. The molecule has 3 atom stereocenters. The standard InChI is InChI=1S/C22H23N6O/c1-13-16-10-28(11-22(13,16)23-3)19-9-18(24-12-25-19)20-15-8-14(29-21(2)6-7-21)4-5-17(15)26-27-20/h3-5,8-9,12-13,16H,6-7,10-11H2,1-2H3,(H,26,27)/q+1/t13-,16-,22-/m0/s1. The second-order valence-corrected chi connectivity index (χ2v) is 8.99. The second kappa shape index (κ2) is 5.47. The number of benzene rings is 1. The van der Waals surface area contributed by atoms with Gasteiger partial charge in [-0.2, -0.15) is 5.10 Å². The van der Waals surface area contributed by atoms with Gasteiger partial charge in [0.05, 0.1) is 23.0 Å². The van der Waals surface area contributed by atoms with E-state index in [2.05, 4.69) is 49.8 Å². The molecule has 0 radical (unpaired) electrons. The molecule has 1 aliphatic heterocycles. The van der Waals surface area contributed by atoms with Crippen LogP contribution in [0.2, 0.25) is 0 Å². The maximum Gasteiger partial charge on any atom is 0.305 e. The van der Waals surface area contributed by atoms with Crippen molar-refractivity contribution in [1.29, 1.82) is 0 Å². The van der Waals surface area contributed by atoms with Crippen LogP contribution in [0.15, 0.2) is 30.6 Å². The summed E-state index contributed by atoms with van der Waals surface area (Å²) in [6, 6.07) is 8.06. The first-order chi connectivity index (χ1) is 14.0. The van der Waals surface area contributed by atoms with Gasteiger partial charge in [0.1, 0.15) is 35.7 Å². The fraction of sp³-hybridized carbons (Fsp3) is 0.455. The molecule has 1 aromatic carbocycles. The molecule has 146 valence electrons. The van der Waals surface area contributed by atoms with E-state index in [1.165, 1.54) is 0 Å². The van der Waals surface area contributed by atoms with Gasteiger partial charge in [-0.3, -0.25) is 5.10 Å². The van der Waals surface area contributed by atoms with Gasteiger partial charge < -0.3 is 9.64 Å². The van der Waals surface area contributed by atoms with Crippen LogP contribution in [0.3, 0.4) is 0 Å². The molecule has 29 heavy (non-hydrogen) atoms. The molecule has 0 spiro atoms. The summed E-state index contributed by atoms with van der Waals surface area (Å²) < 4.78 is 6.13.